The van der Waals surface area contributed by atoms with Gasteiger partial charge in [0.15, 0.2) is 29.4 Å². The maximum absolute atomic E-state index is 8.44. The van der Waals surface area contributed by atoms with Gasteiger partial charge >= 0.3 is 10.6 Å². The standard InChI is InChI=1S/2C21H21S.C13H25N.C12H23N.BrH.ClH.O3S/c2*1-16-4-10-19(11-5-16)22(20-12-6-17(2)7-13-20)21-14-8-18(3)9-15-21;1-14(12-8-4-2-5-9-12)13-10-6-3-7-11-13;1-3-7-11(8-4-1)13-12-9-5-2-6-10-12;;;1-4(2)3/h2*4-15H,1-3H3;12-13H,2-11H2,1H3;11-13H,1-10H2;2*1H;/q2*+1;;;;;/p-1. The first kappa shape index (κ1) is 65.8. The van der Waals surface area contributed by atoms with Gasteiger partial charge in [0, 0.05) is 24.2 Å². The number of aryl methyl sites for hydroxylation is 6. The molecule has 6 aromatic carbocycles. The minimum Gasteiger partial charge on any atom is -1.00 e. The number of nitrogens with zero attached hydrogens (tertiary/aromatic N) is 1. The first-order valence-corrected chi connectivity index (χ1v) is 31.9. The number of rotatable bonds is 10. The molecule has 0 saturated heterocycles. The van der Waals surface area contributed by atoms with Crippen molar-refractivity contribution in [2.75, 3.05) is 7.05 Å². The molecule has 0 spiro atoms. The summed E-state index contributed by atoms with van der Waals surface area (Å²) < 4.78 is 25.3. The predicted molar refractivity (Wildman–Crippen MR) is 327 cm³/mol. The maximum Gasteiger partial charge on any atom is 0.425 e. The summed E-state index contributed by atoms with van der Waals surface area (Å²) in [4.78, 5) is 11.0. The highest BCUT2D eigenvalue weighted by Crippen LogP contribution is 2.34. The van der Waals surface area contributed by atoms with Gasteiger partial charge in [-0.25, -0.2) is 0 Å². The molecule has 4 saturated carbocycles. The summed E-state index contributed by atoms with van der Waals surface area (Å²) >= 11 is 0. The summed E-state index contributed by atoms with van der Waals surface area (Å²) in [6.45, 7) is 12.8. The second kappa shape index (κ2) is 35.8. The fourth-order valence-electron chi connectivity index (χ4n) is 11.0. The minimum atomic E-state index is -3.11. The molecule has 77 heavy (non-hydrogen) atoms. The first-order chi connectivity index (χ1) is 36.3. The Hall–Kier alpha value is -3.67. The largest absolute Gasteiger partial charge is 1.00 e. The Morgan fingerprint density at radius 2 is 0.506 bits per heavy atom. The van der Waals surface area contributed by atoms with E-state index in [1.165, 1.54) is 191 Å². The highest BCUT2D eigenvalue weighted by molar-refractivity contribution is 7.97. The zero-order chi connectivity index (χ0) is 53.4. The highest BCUT2D eigenvalue weighted by atomic mass is 79.9. The summed E-state index contributed by atoms with van der Waals surface area (Å²) in [5.74, 6) is 0. The average molecular weight is 1180 g/mol. The van der Waals surface area contributed by atoms with Gasteiger partial charge in [0.1, 0.15) is 0 Å². The molecule has 4 aliphatic rings. The number of hydrogen-bond acceptors (Lipinski definition) is 5. The van der Waals surface area contributed by atoms with Crippen LogP contribution in [0.25, 0.3) is 0 Å². The van der Waals surface area contributed by atoms with Crippen molar-refractivity contribution in [2.24, 2.45) is 0 Å². The van der Waals surface area contributed by atoms with Gasteiger partial charge in [-0.1, -0.05) is 183 Å². The lowest BCUT2D eigenvalue weighted by Crippen LogP contribution is -3.00. The molecule has 10 rings (SSSR count). The third kappa shape index (κ3) is 23.1. The van der Waals surface area contributed by atoms with E-state index in [-0.39, 0.29) is 51.2 Å². The smallest absolute Gasteiger partial charge is 0.425 e. The molecule has 1 N–H and O–H groups in total. The fourth-order valence-corrected chi connectivity index (χ4v) is 15.1. The third-order valence-corrected chi connectivity index (χ3v) is 20.0. The molecule has 4 aliphatic carbocycles. The van der Waals surface area contributed by atoms with E-state index in [1.807, 2.05) is 0 Å². The van der Waals surface area contributed by atoms with E-state index >= 15 is 0 Å². The SMILES string of the molecule is C1CCC(NC2CCCCC2)CC1.CN(C1CCCCC1)C1CCCCC1.Cc1ccc([S+](c2ccc(C)cc2)c2ccc(C)cc2)cc1.Cc1ccc([S+](c2ccc(C)cc2)c2ccc(C)cc2)cc1.Cl.O=S(=O)=O.[Br-]. The van der Waals surface area contributed by atoms with E-state index in [0.717, 1.165) is 24.2 Å². The van der Waals surface area contributed by atoms with E-state index in [9.17, 15) is 0 Å². The molecule has 0 unspecified atom stereocenters. The average Bonchev–Trinajstić information content (AvgIpc) is 3.43. The third-order valence-electron chi connectivity index (χ3n) is 15.5. The molecule has 0 radical (unpaired) electrons. The number of hydrogen-bond donors (Lipinski definition) is 1. The van der Waals surface area contributed by atoms with Crippen molar-refractivity contribution >= 4 is 44.8 Å². The Morgan fingerprint density at radius 3 is 0.688 bits per heavy atom. The molecule has 0 bridgehead atoms. The summed E-state index contributed by atoms with van der Waals surface area (Å²) in [6.07, 6.45) is 29.3. The molecule has 6 aromatic rings. The van der Waals surface area contributed by atoms with Crippen LogP contribution in [0, 0.1) is 41.5 Å². The van der Waals surface area contributed by atoms with Gasteiger partial charge in [-0.2, -0.15) is 0 Å². The van der Waals surface area contributed by atoms with E-state index in [1.54, 1.807) is 0 Å². The van der Waals surface area contributed by atoms with Crippen molar-refractivity contribution < 1.29 is 29.6 Å². The Bertz CT molecular complexity index is 2240. The van der Waals surface area contributed by atoms with Crippen LogP contribution in [0.15, 0.2) is 175 Å². The van der Waals surface area contributed by atoms with Crippen molar-refractivity contribution in [2.45, 2.75) is 223 Å². The zero-order valence-electron chi connectivity index (χ0n) is 47.5. The molecule has 10 heteroatoms. The second-order valence-corrected chi connectivity index (χ2v) is 26.2. The molecule has 4 fully saturated rings. The quantitative estimate of drug-likeness (QED) is 0.138. The summed E-state index contributed by atoms with van der Waals surface area (Å²) in [7, 11) is -0.809. The van der Waals surface area contributed by atoms with Gasteiger partial charge in [0.05, 0.1) is 21.8 Å². The fraction of sp³-hybridized carbons (Fsp3) is 0.463. The van der Waals surface area contributed by atoms with Crippen LogP contribution in [0.2, 0.25) is 0 Å². The number of halogens is 2. The molecule has 0 atom stereocenters. The van der Waals surface area contributed by atoms with Crippen molar-refractivity contribution in [1.82, 2.24) is 10.2 Å². The van der Waals surface area contributed by atoms with Crippen molar-refractivity contribution in [3.63, 3.8) is 0 Å². The molecule has 418 valence electrons. The Labute approximate surface area is 490 Å². The highest BCUT2D eigenvalue weighted by Gasteiger charge is 2.30. The van der Waals surface area contributed by atoms with Crippen LogP contribution in [0.4, 0.5) is 0 Å². The molecule has 0 amide bonds. The molecular formula is C67H91BrClN2O3S3+. The van der Waals surface area contributed by atoms with Crippen LogP contribution in [-0.4, -0.2) is 48.7 Å². The Morgan fingerprint density at radius 1 is 0.338 bits per heavy atom. The summed E-state index contributed by atoms with van der Waals surface area (Å²) in [6, 6.07) is 57.2. The normalized spacial score (nSPS) is 16.1. The lowest BCUT2D eigenvalue weighted by Gasteiger charge is -2.39. The van der Waals surface area contributed by atoms with E-state index in [0.29, 0.717) is 0 Å². The van der Waals surface area contributed by atoms with Crippen LogP contribution in [0.1, 0.15) is 162 Å². The molecule has 0 aliphatic heterocycles. The molecular weight excluding hydrogens is 1090 g/mol. The van der Waals surface area contributed by atoms with Gasteiger partial charge in [-0.05, 0) is 173 Å². The number of nitrogens with one attached hydrogen (secondary N) is 1. The van der Waals surface area contributed by atoms with Crippen molar-refractivity contribution in [1.29, 1.82) is 0 Å². The second-order valence-electron chi connectivity index (χ2n) is 21.8. The van der Waals surface area contributed by atoms with Gasteiger partial charge < -0.3 is 27.2 Å². The van der Waals surface area contributed by atoms with Gasteiger partial charge in [-0.15, -0.1) is 25.0 Å². The summed E-state index contributed by atoms with van der Waals surface area (Å²) in [5, 5.41) is 3.86. The Kier molecular flexibility index (Phi) is 30.6. The van der Waals surface area contributed by atoms with Gasteiger partial charge in [-0.3, -0.25) is 0 Å². The predicted octanol–water partition coefficient (Wildman–Crippen LogP) is 14.7. The molecule has 0 heterocycles. The summed E-state index contributed by atoms with van der Waals surface area (Å²) in [5.41, 5.74) is 7.83. The zero-order valence-corrected chi connectivity index (χ0v) is 52.3. The molecule has 0 aromatic heterocycles. The Balaban J connectivity index is 0.000000219. The lowest BCUT2D eigenvalue weighted by molar-refractivity contribution is -0.0000197. The minimum absolute atomic E-state index is 0. The first-order valence-electron chi connectivity index (χ1n) is 28.5. The van der Waals surface area contributed by atoms with Crippen molar-refractivity contribution in [3.05, 3.63) is 179 Å². The topological polar surface area (TPSA) is 66.5 Å². The van der Waals surface area contributed by atoms with E-state index in [4.69, 9.17) is 12.6 Å². The monoisotopic (exact) mass is 1180 g/mol. The van der Waals surface area contributed by atoms with Gasteiger partial charge in [0.2, 0.25) is 0 Å². The van der Waals surface area contributed by atoms with Crippen LogP contribution in [0.5, 0.6) is 0 Å². The van der Waals surface area contributed by atoms with E-state index < -0.39 is 10.6 Å². The van der Waals surface area contributed by atoms with Crippen LogP contribution in [0.3, 0.4) is 0 Å². The van der Waals surface area contributed by atoms with Crippen LogP contribution < -0.4 is 22.3 Å². The van der Waals surface area contributed by atoms with Gasteiger partial charge in [0.25, 0.3) is 0 Å². The van der Waals surface area contributed by atoms with Crippen LogP contribution in [-0.2, 0) is 32.4 Å². The lowest BCUT2D eigenvalue weighted by atomic mass is 9.89. The van der Waals surface area contributed by atoms with Crippen molar-refractivity contribution in [3.8, 4) is 0 Å². The van der Waals surface area contributed by atoms with Crippen LogP contribution >= 0.6 is 12.4 Å². The van der Waals surface area contributed by atoms with E-state index in [2.05, 4.69) is 204 Å². The maximum atomic E-state index is 8.44. The molecule has 5 nitrogen and oxygen atoms in total. The number of benzene rings is 6.